The molecule has 3 N–H and O–H groups in total. The summed E-state index contributed by atoms with van der Waals surface area (Å²) in [7, 11) is 0. The summed E-state index contributed by atoms with van der Waals surface area (Å²) >= 11 is 6.33. The quantitative estimate of drug-likeness (QED) is 0.261. The Labute approximate surface area is 253 Å². The lowest BCUT2D eigenvalue weighted by Crippen LogP contribution is -2.44. The first kappa shape index (κ1) is 28.9. The fourth-order valence-corrected chi connectivity index (χ4v) is 6.45. The number of halogens is 1. The van der Waals surface area contributed by atoms with Gasteiger partial charge in [-0.15, -0.1) is 0 Å². The van der Waals surface area contributed by atoms with Crippen molar-refractivity contribution in [3.63, 3.8) is 0 Å². The molecule has 2 aliphatic heterocycles. The van der Waals surface area contributed by atoms with E-state index < -0.39 is 17.4 Å². The summed E-state index contributed by atoms with van der Waals surface area (Å²) in [5.74, 6) is -1.26. The van der Waals surface area contributed by atoms with Gasteiger partial charge in [0.2, 0.25) is 5.91 Å². The Balaban J connectivity index is 1.26. The monoisotopic (exact) mass is 600 g/mol. The van der Waals surface area contributed by atoms with E-state index in [2.05, 4.69) is 5.10 Å². The third kappa shape index (κ3) is 5.07. The molecule has 0 saturated carbocycles. The fraction of sp³-hybridized carbons (Fsp3) is 0.303. The zero-order valence-corrected chi connectivity index (χ0v) is 24.5. The van der Waals surface area contributed by atoms with Gasteiger partial charge in [0, 0.05) is 29.5 Å². The Morgan fingerprint density at radius 3 is 2.74 bits per heavy atom. The van der Waals surface area contributed by atoms with E-state index in [4.69, 9.17) is 11.6 Å². The van der Waals surface area contributed by atoms with Crippen molar-refractivity contribution in [2.75, 3.05) is 18.1 Å². The Morgan fingerprint density at radius 2 is 1.95 bits per heavy atom. The van der Waals surface area contributed by atoms with Crippen LogP contribution in [0.4, 0.5) is 5.69 Å². The number of likely N-dealkylation sites (tertiary alicyclic amines) is 1. The smallest absolute Gasteiger partial charge is 0.279 e. The average Bonchev–Trinajstić information content (AvgIpc) is 3.68. The molecule has 3 heterocycles. The molecule has 6 rings (SSSR count). The van der Waals surface area contributed by atoms with Crippen LogP contribution in [0.5, 0.6) is 0 Å². The number of carbonyl (C=O) groups excluding carboxylic acids is 2. The molecule has 3 atom stereocenters. The van der Waals surface area contributed by atoms with Gasteiger partial charge >= 0.3 is 0 Å². The van der Waals surface area contributed by atoms with Crippen molar-refractivity contribution in [2.24, 2.45) is 5.92 Å². The standard InChI is InChI=1S/C33H33ClN4O5/c1-21(7-4-13-30(40)36-16-6-10-25(36)20-39)33(43)27-18-23(34)14-15-29(27)37(32(33)42)19-22-8-5-9-24(17-22)38-31(41)26-11-2-3-12-28(26)35-38/h2-5,7-9,11-12,14-15,17-18,21,25,35,39,43H,6,10,13,16,19-20H2,1H3/b7-4+/t21-,25+,33+/m1/s1. The van der Waals surface area contributed by atoms with Crippen LogP contribution in [0.2, 0.25) is 5.02 Å². The third-order valence-corrected chi connectivity index (χ3v) is 8.85. The number of benzene rings is 3. The molecular formula is C33H33ClN4O5. The lowest BCUT2D eigenvalue weighted by atomic mass is 9.83. The van der Waals surface area contributed by atoms with Crippen LogP contribution >= 0.6 is 11.6 Å². The number of aromatic amines is 1. The minimum Gasteiger partial charge on any atom is -0.394 e. The largest absolute Gasteiger partial charge is 0.394 e. The van der Waals surface area contributed by atoms with Gasteiger partial charge in [-0.05, 0) is 60.9 Å². The summed E-state index contributed by atoms with van der Waals surface area (Å²) in [4.78, 5) is 43.0. The van der Waals surface area contributed by atoms with Gasteiger partial charge in [0.1, 0.15) is 0 Å². The van der Waals surface area contributed by atoms with Gasteiger partial charge in [-0.25, -0.2) is 4.68 Å². The second-order valence-electron chi connectivity index (χ2n) is 11.3. The predicted molar refractivity (Wildman–Crippen MR) is 165 cm³/mol. The van der Waals surface area contributed by atoms with E-state index in [1.807, 2.05) is 42.5 Å². The van der Waals surface area contributed by atoms with E-state index in [1.54, 1.807) is 48.2 Å². The van der Waals surface area contributed by atoms with Crippen LogP contribution in [0, 0.1) is 5.92 Å². The molecule has 43 heavy (non-hydrogen) atoms. The molecule has 0 aliphatic carbocycles. The highest BCUT2D eigenvalue weighted by molar-refractivity contribution is 6.31. The summed E-state index contributed by atoms with van der Waals surface area (Å²) < 4.78 is 1.48. The number of aliphatic hydroxyl groups excluding tert-OH is 1. The summed E-state index contributed by atoms with van der Waals surface area (Å²) in [6, 6.07) is 19.5. The van der Waals surface area contributed by atoms with Crippen molar-refractivity contribution in [1.82, 2.24) is 14.7 Å². The zero-order chi connectivity index (χ0) is 30.3. The van der Waals surface area contributed by atoms with Crippen molar-refractivity contribution in [2.45, 2.75) is 44.4 Å². The molecule has 1 fully saturated rings. The number of amides is 2. The van der Waals surface area contributed by atoms with Crippen LogP contribution in [0.3, 0.4) is 0 Å². The second-order valence-corrected chi connectivity index (χ2v) is 11.7. The molecule has 0 radical (unpaired) electrons. The van der Waals surface area contributed by atoms with E-state index in [9.17, 15) is 24.6 Å². The highest BCUT2D eigenvalue weighted by Gasteiger charge is 2.52. The van der Waals surface area contributed by atoms with Crippen molar-refractivity contribution in [3.05, 3.63) is 105 Å². The molecule has 3 aromatic carbocycles. The number of rotatable bonds is 8. The third-order valence-electron chi connectivity index (χ3n) is 8.62. The van der Waals surface area contributed by atoms with Crippen LogP contribution in [-0.4, -0.2) is 55.9 Å². The van der Waals surface area contributed by atoms with Gasteiger partial charge < -0.3 is 20.0 Å². The normalized spacial score (nSPS) is 20.8. The minimum absolute atomic E-state index is 0.0606. The van der Waals surface area contributed by atoms with E-state index in [0.29, 0.717) is 33.9 Å². The fourth-order valence-electron chi connectivity index (χ4n) is 6.28. The molecule has 222 valence electrons. The summed E-state index contributed by atoms with van der Waals surface area (Å²) in [6.45, 7) is 2.45. The maximum absolute atomic E-state index is 14.0. The number of carbonyl (C=O) groups is 2. The molecule has 1 saturated heterocycles. The van der Waals surface area contributed by atoms with Gasteiger partial charge in [-0.3, -0.25) is 19.5 Å². The van der Waals surface area contributed by atoms with Crippen molar-refractivity contribution < 1.29 is 19.8 Å². The van der Waals surface area contributed by atoms with Crippen LogP contribution in [-0.2, 0) is 21.7 Å². The van der Waals surface area contributed by atoms with Gasteiger partial charge in [0.05, 0.1) is 41.5 Å². The Morgan fingerprint density at radius 1 is 1.14 bits per heavy atom. The number of nitrogens with zero attached hydrogens (tertiary/aromatic N) is 3. The second kappa shape index (κ2) is 11.5. The Hall–Kier alpha value is -4.18. The number of aromatic nitrogens is 2. The number of H-pyrrole nitrogens is 1. The molecule has 2 amide bonds. The maximum atomic E-state index is 14.0. The summed E-state index contributed by atoms with van der Waals surface area (Å²) in [5, 5.41) is 25.6. The lowest BCUT2D eigenvalue weighted by Gasteiger charge is -2.28. The Kier molecular flexibility index (Phi) is 7.72. The summed E-state index contributed by atoms with van der Waals surface area (Å²) in [5.41, 5.74) is 0.989. The number of nitrogens with one attached hydrogen (secondary N) is 1. The lowest BCUT2D eigenvalue weighted by molar-refractivity contribution is -0.139. The summed E-state index contributed by atoms with van der Waals surface area (Å²) in [6.07, 6.45) is 5.12. The predicted octanol–water partition coefficient (Wildman–Crippen LogP) is 4.27. The number of anilines is 1. The molecule has 0 spiro atoms. The van der Waals surface area contributed by atoms with Gasteiger partial charge in [-0.2, -0.15) is 0 Å². The van der Waals surface area contributed by atoms with E-state index in [0.717, 1.165) is 23.9 Å². The number of aliphatic hydroxyl groups is 2. The molecule has 4 aromatic rings. The first-order chi connectivity index (χ1) is 20.7. The van der Waals surface area contributed by atoms with E-state index >= 15 is 0 Å². The van der Waals surface area contributed by atoms with Gasteiger partial charge in [-0.1, -0.05) is 54.9 Å². The topological polar surface area (TPSA) is 119 Å². The molecule has 0 bridgehead atoms. The minimum atomic E-state index is -1.90. The highest BCUT2D eigenvalue weighted by atomic mass is 35.5. The molecular weight excluding hydrogens is 568 g/mol. The SMILES string of the molecule is C[C@H](/C=C/CC(=O)N1CCC[C@H]1CO)[C@@]1(O)C(=O)N(Cc2cccc(-n3[nH]c4ccccc4c3=O)c2)c2ccc(Cl)cc21. The maximum Gasteiger partial charge on any atom is 0.279 e. The number of fused-ring (bicyclic) bond motifs is 2. The van der Waals surface area contributed by atoms with E-state index in [1.165, 1.54) is 9.58 Å². The number of para-hydroxylation sites is 1. The van der Waals surface area contributed by atoms with E-state index in [-0.39, 0.29) is 37.1 Å². The molecule has 10 heteroatoms. The average molecular weight is 601 g/mol. The van der Waals surface area contributed by atoms with Gasteiger partial charge in [0.25, 0.3) is 11.5 Å². The molecule has 0 unspecified atom stereocenters. The van der Waals surface area contributed by atoms with Crippen molar-refractivity contribution in [3.8, 4) is 5.69 Å². The van der Waals surface area contributed by atoms with Crippen LogP contribution in [0.25, 0.3) is 16.6 Å². The van der Waals surface area contributed by atoms with Crippen LogP contribution < -0.4 is 10.5 Å². The molecule has 1 aromatic heterocycles. The first-order valence-electron chi connectivity index (χ1n) is 14.4. The highest BCUT2D eigenvalue weighted by Crippen LogP contribution is 2.46. The first-order valence-corrected chi connectivity index (χ1v) is 14.8. The molecule has 2 aliphatic rings. The number of hydrogen-bond donors (Lipinski definition) is 3. The molecule has 9 nitrogen and oxygen atoms in total. The van der Waals surface area contributed by atoms with Crippen molar-refractivity contribution in [1.29, 1.82) is 0 Å². The van der Waals surface area contributed by atoms with Crippen LogP contribution in [0.1, 0.15) is 37.3 Å². The van der Waals surface area contributed by atoms with Crippen LogP contribution in [0.15, 0.2) is 83.7 Å². The van der Waals surface area contributed by atoms with Gasteiger partial charge in [0.15, 0.2) is 5.60 Å². The number of hydrogen-bond acceptors (Lipinski definition) is 5. The van der Waals surface area contributed by atoms with Crippen molar-refractivity contribution >= 4 is 40.0 Å². The Bertz CT molecular complexity index is 1800. The zero-order valence-electron chi connectivity index (χ0n) is 23.7.